The molecule has 0 saturated carbocycles. The van der Waals surface area contributed by atoms with E-state index >= 15 is 0 Å². The lowest BCUT2D eigenvalue weighted by atomic mass is 9.92. The van der Waals surface area contributed by atoms with Gasteiger partial charge < -0.3 is 30.7 Å². The second-order valence-electron chi connectivity index (χ2n) is 9.25. The molecule has 0 spiro atoms. The molecular weight excluding hydrogens is 356 g/mol. The smallest absolute Gasteiger partial charge is 0.0743 e. The Hall–Kier alpha value is -1.02. The van der Waals surface area contributed by atoms with E-state index in [4.69, 9.17) is 15.2 Å². The van der Waals surface area contributed by atoms with Crippen molar-refractivity contribution in [2.24, 2.45) is 5.73 Å². The van der Waals surface area contributed by atoms with Crippen molar-refractivity contribution in [1.82, 2.24) is 5.32 Å². The molecule has 6 heteroatoms. The maximum absolute atomic E-state index is 10.2. The molecule has 0 bridgehead atoms. The third-order valence-corrected chi connectivity index (χ3v) is 5.44. The highest BCUT2D eigenvalue weighted by molar-refractivity contribution is 5.18. The number of rotatable bonds is 3. The fraction of sp³-hybridized carbons (Fsp3) is 0.727. The van der Waals surface area contributed by atoms with Crippen LogP contribution in [0.4, 0.5) is 0 Å². The summed E-state index contributed by atoms with van der Waals surface area (Å²) in [5.41, 5.74) is 6.34. The predicted octanol–water partition coefficient (Wildman–Crippen LogP) is 2.14. The molecular formula is C22H38N2O4. The standard InChI is InChI=1S/C15H23NO2.C7H15NO2/c1-11(12-7-5-4-6-8-12)16-13-10-18-15(2,3)9-14(13)17;1-7(2)3-6(9)5(8)4-10-7/h4-8,11,13-14,16-17H,9-10H2,1-3H3;5-6,9H,3-4,8H2,1-2H3/t11-,13-,14-;5-,6-/m11/s1. The Morgan fingerprint density at radius 2 is 1.50 bits per heavy atom. The lowest BCUT2D eigenvalue weighted by molar-refractivity contribution is -0.115. The molecule has 2 aliphatic heterocycles. The van der Waals surface area contributed by atoms with Gasteiger partial charge in [-0.1, -0.05) is 30.3 Å². The van der Waals surface area contributed by atoms with Crippen molar-refractivity contribution in [1.29, 1.82) is 0 Å². The Balaban J connectivity index is 0.000000237. The Kier molecular flexibility index (Phi) is 8.02. The molecule has 2 aliphatic rings. The number of nitrogens with one attached hydrogen (secondary N) is 1. The minimum atomic E-state index is -0.399. The van der Waals surface area contributed by atoms with Gasteiger partial charge in [0, 0.05) is 18.9 Å². The summed E-state index contributed by atoms with van der Waals surface area (Å²) < 4.78 is 11.1. The zero-order valence-electron chi connectivity index (χ0n) is 17.9. The van der Waals surface area contributed by atoms with Gasteiger partial charge in [-0.2, -0.15) is 0 Å². The Labute approximate surface area is 169 Å². The molecule has 160 valence electrons. The summed E-state index contributed by atoms with van der Waals surface area (Å²) in [6, 6.07) is 10.3. The summed E-state index contributed by atoms with van der Waals surface area (Å²) >= 11 is 0. The molecule has 2 fully saturated rings. The Morgan fingerprint density at radius 3 is 2.00 bits per heavy atom. The zero-order valence-corrected chi connectivity index (χ0v) is 17.9. The molecule has 5 N–H and O–H groups in total. The van der Waals surface area contributed by atoms with Gasteiger partial charge in [0.05, 0.1) is 48.7 Å². The number of aliphatic hydroxyl groups is 2. The average molecular weight is 395 g/mol. The van der Waals surface area contributed by atoms with Crippen molar-refractivity contribution in [3.63, 3.8) is 0 Å². The first kappa shape index (κ1) is 23.3. The lowest BCUT2D eigenvalue weighted by Crippen LogP contribution is -2.53. The van der Waals surface area contributed by atoms with Crippen molar-refractivity contribution in [2.75, 3.05) is 13.2 Å². The van der Waals surface area contributed by atoms with Crippen LogP contribution in [0.3, 0.4) is 0 Å². The highest BCUT2D eigenvalue weighted by atomic mass is 16.5. The lowest BCUT2D eigenvalue weighted by Gasteiger charge is -2.39. The topological polar surface area (TPSA) is 97.0 Å². The minimum absolute atomic E-state index is 0.00762. The average Bonchev–Trinajstić information content (AvgIpc) is 2.61. The quantitative estimate of drug-likeness (QED) is 0.627. The van der Waals surface area contributed by atoms with Crippen molar-refractivity contribution < 1.29 is 19.7 Å². The van der Waals surface area contributed by atoms with Gasteiger partial charge in [-0.15, -0.1) is 0 Å². The van der Waals surface area contributed by atoms with Gasteiger partial charge in [0.15, 0.2) is 0 Å². The number of benzene rings is 1. The fourth-order valence-corrected chi connectivity index (χ4v) is 3.60. The van der Waals surface area contributed by atoms with Crippen LogP contribution in [0, 0.1) is 0 Å². The van der Waals surface area contributed by atoms with E-state index in [1.165, 1.54) is 5.56 Å². The van der Waals surface area contributed by atoms with Crippen molar-refractivity contribution in [2.45, 2.75) is 89.0 Å². The summed E-state index contributed by atoms with van der Waals surface area (Å²) in [4.78, 5) is 0. The SMILES string of the molecule is CC1(C)C[C@@H](O)[C@H](N)CO1.C[C@@H](N[C@@H]1COC(C)(C)C[C@H]1O)c1ccccc1. The largest absolute Gasteiger partial charge is 0.391 e. The fourth-order valence-electron chi connectivity index (χ4n) is 3.60. The van der Waals surface area contributed by atoms with Crippen LogP contribution in [0.2, 0.25) is 0 Å². The van der Waals surface area contributed by atoms with Crippen LogP contribution in [0.1, 0.15) is 59.1 Å². The highest BCUT2D eigenvalue weighted by Crippen LogP contribution is 2.26. The van der Waals surface area contributed by atoms with Crippen LogP contribution in [-0.4, -0.2) is 58.9 Å². The Bertz CT molecular complexity index is 593. The monoisotopic (exact) mass is 394 g/mol. The maximum atomic E-state index is 10.2. The van der Waals surface area contributed by atoms with E-state index in [1.807, 2.05) is 45.9 Å². The number of ether oxygens (including phenoxy) is 2. The maximum Gasteiger partial charge on any atom is 0.0743 e. The normalized spacial score (nSPS) is 32.7. The van der Waals surface area contributed by atoms with Gasteiger partial charge in [-0.25, -0.2) is 0 Å². The first-order valence-electron chi connectivity index (χ1n) is 10.2. The van der Waals surface area contributed by atoms with Crippen LogP contribution >= 0.6 is 0 Å². The molecule has 2 saturated heterocycles. The van der Waals surface area contributed by atoms with E-state index in [1.54, 1.807) is 0 Å². The van der Waals surface area contributed by atoms with E-state index in [0.29, 0.717) is 26.1 Å². The van der Waals surface area contributed by atoms with Crippen LogP contribution in [0.5, 0.6) is 0 Å². The zero-order chi connectivity index (χ0) is 20.9. The molecule has 2 heterocycles. The van der Waals surface area contributed by atoms with Gasteiger partial charge in [0.2, 0.25) is 0 Å². The van der Waals surface area contributed by atoms with Gasteiger partial charge >= 0.3 is 0 Å². The molecule has 3 rings (SSSR count). The summed E-state index contributed by atoms with van der Waals surface area (Å²) in [5, 5.41) is 22.9. The van der Waals surface area contributed by atoms with E-state index < -0.39 is 6.10 Å². The van der Waals surface area contributed by atoms with Crippen LogP contribution < -0.4 is 11.1 Å². The van der Waals surface area contributed by atoms with Crippen molar-refractivity contribution >= 4 is 0 Å². The molecule has 28 heavy (non-hydrogen) atoms. The first-order chi connectivity index (χ1) is 13.0. The van der Waals surface area contributed by atoms with Gasteiger partial charge in [-0.05, 0) is 40.2 Å². The molecule has 6 nitrogen and oxygen atoms in total. The molecule has 0 aromatic heterocycles. The molecule has 5 atom stereocenters. The predicted molar refractivity (Wildman–Crippen MR) is 111 cm³/mol. The molecule has 1 aromatic carbocycles. The molecule has 0 amide bonds. The van der Waals surface area contributed by atoms with E-state index in [9.17, 15) is 10.2 Å². The molecule has 0 unspecified atom stereocenters. The van der Waals surface area contributed by atoms with Gasteiger partial charge in [0.1, 0.15) is 0 Å². The summed E-state index contributed by atoms with van der Waals surface area (Å²) in [6.45, 7) is 11.1. The number of hydrogen-bond acceptors (Lipinski definition) is 6. The van der Waals surface area contributed by atoms with Crippen LogP contribution in [-0.2, 0) is 9.47 Å². The Morgan fingerprint density at radius 1 is 0.964 bits per heavy atom. The van der Waals surface area contributed by atoms with Crippen molar-refractivity contribution in [3.05, 3.63) is 35.9 Å². The van der Waals surface area contributed by atoms with Crippen LogP contribution in [0.15, 0.2) is 30.3 Å². The third-order valence-electron chi connectivity index (χ3n) is 5.44. The van der Waals surface area contributed by atoms with E-state index in [0.717, 1.165) is 0 Å². The highest BCUT2D eigenvalue weighted by Gasteiger charge is 2.35. The van der Waals surface area contributed by atoms with Crippen molar-refractivity contribution in [3.8, 4) is 0 Å². The summed E-state index contributed by atoms with van der Waals surface area (Å²) in [5.74, 6) is 0. The third kappa shape index (κ3) is 7.10. The number of aliphatic hydroxyl groups excluding tert-OH is 2. The summed E-state index contributed by atoms with van der Waals surface area (Å²) in [7, 11) is 0. The van der Waals surface area contributed by atoms with Crippen LogP contribution in [0.25, 0.3) is 0 Å². The second kappa shape index (κ2) is 9.65. The van der Waals surface area contributed by atoms with Gasteiger partial charge in [-0.3, -0.25) is 0 Å². The molecule has 1 aromatic rings. The number of nitrogens with two attached hydrogens (primary N) is 1. The second-order valence-corrected chi connectivity index (χ2v) is 9.25. The number of hydrogen-bond donors (Lipinski definition) is 4. The minimum Gasteiger partial charge on any atom is -0.391 e. The van der Waals surface area contributed by atoms with E-state index in [-0.39, 0.29) is 35.4 Å². The summed E-state index contributed by atoms with van der Waals surface area (Å²) in [6.07, 6.45) is 0.559. The molecule has 0 aliphatic carbocycles. The van der Waals surface area contributed by atoms with E-state index in [2.05, 4.69) is 24.4 Å². The van der Waals surface area contributed by atoms with Gasteiger partial charge in [0.25, 0.3) is 0 Å². The molecule has 0 radical (unpaired) electrons. The first-order valence-corrected chi connectivity index (χ1v) is 10.2.